The molecular weight excluding hydrogens is 284 g/mol. The summed E-state index contributed by atoms with van der Waals surface area (Å²) in [5.41, 5.74) is 2.48. The maximum Gasteiger partial charge on any atom is 0.337 e. The molecule has 0 aliphatic heterocycles. The van der Waals surface area contributed by atoms with Crippen molar-refractivity contribution in [2.45, 2.75) is 32.3 Å². The van der Waals surface area contributed by atoms with E-state index >= 15 is 0 Å². The lowest BCUT2D eigenvalue weighted by atomic mass is 9.96. The van der Waals surface area contributed by atoms with E-state index in [1.165, 1.54) is 0 Å². The number of alkyl halides is 1. The van der Waals surface area contributed by atoms with Crippen LogP contribution in [0.3, 0.4) is 0 Å². The number of aliphatic hydroxyl groups excluding tert-OH is 1. The molecule has 1 aromatic carbocycles. The fourth-order valence-electron chi connectivity index (χ4n) is 1.78. The Kier molecular flexibility index (Phi) is 5.65. The molecule has 17 heavy (non-hydrogen) atoms. The van der Waals surface area contributed by atoms with Crippen LogP contribution in [0.4, 0.5) is 0 Å². The van der Waals surface area contributed by atoms with Gasteiger partial charge in [0.15, 0.2) is 6.10 Å². The topological polar surface area (TPSA) is 57.5 Å². The first kappa shape index (κ1) is 14.2. The van der Waals surface area contributed by atoms with E-state index in [2.05, 4.69) is 15.9 Å². The lowest BCUT2D eigenvalue weighted by molar-refractivity contribution is -0.147. The van der Waals surface area contributed by atoms with Gasteiger partial charge >= 0.3 is 5.97 Å². The van der Waals surface area contributed by atoms with Crippen molar-refractivity contribution in [2.24, 2.45) is 0 Å². The number of hydrogen-bond acceptors (Lipinski definition) is 2. The molecule has 4 heteroatoms. The summed E-state index contributed by atoms with van der Waals surface area (Å²) in [6, 6.07) is 5.71. The fraction of sp³-hybridized carbons (Fsp3) is 0.462. The van der Waals surface area contributed by atoms with Crippen LogP contribution in [0.2, 0.25) is 0 Å². The highest BCUT2D eigenvalue weighted by Crippen LogP contribution is 2.21. The number of aliphatic carboxylic acids is 1. The quantitative estimate of drug-likeness (QED) is 0.794. The smallest absolute Gasteiger partial charge is 0.337 e. The molecule has 0 fully saturated rings. The van der Waals surface area contributed by atoms with E-state index in [1.807, 2.05) is 19.1 Å². The van der Waals surface area contributed by atoms with E-state index in [9.17, 15) is 9.90 Å². The van der Waals surface area contributed by atoms with Gasteiger partial charge in [-0.2, -0.15) is 0 Å². The molecule has 0 aromatic heterocycles. The molecule has 0 amide bonds. The summed E-state index contributed by atoms with van der Waals surface area (Å²) >= 11 is 3.36. The van der Waals surface area contributed by atoms with E-state index in [0.29, 0.717) is 5.56 Å². The number of aliphatic hydroxyl groups is 1. The number of carboxylic acid groups (broad SMARTS) is 1. The second-order valence-corrected chi connectivity index (χ2v) is 4.71. The fourth-order valence-corrected chi connectivity index (χ4v) is 2.06. The molecule has 0 aliphatic rings. The van der Waals surface area contributed by atoms with Gasteiger partial charge in [-0.3, -0.25) is 0 Å². The molecule has 94 valence electrons. The van der Waals surface area contributed by atoms with Crippen LogP contribution in [0.5, 0.6) is 0 Å². The molecule has 1 unspecified atom stereocenters. The lowest BCUT2D eigenvalue weighted by Crippen LogP contribution is -2.13. The van der Waals surface area contributed by atoms with Gasteiger partial charge in [-0.25, -0.2) is 4.79 Å². The van der Waals surface area contributed by atoms with Crippen molar-refractivity contribution in [1.29, 1.82) is 0 Å². The van der Waals surface area contributed by atoms with Crippen molar-refractivity contribution in [2.75, 3.05) is 5.33 Å². The zero-order chi connectivity index (χ0) is 12.8. The van der Waals surface area contributed by atoms with Crippen molar-refractivity contribution in [3.63, 3.8) is 0 Å². The van der Waals surface area contributed by atoms with Crippen molar-refractivity contribution in [1.82, 2.24) is 0 Å². The highest BCUT2D eigenvalue weighted by molar-refractivity contribution is 9.09. The molecule has 0 heterocycles. The summed E-state index contributed by atoms with van der Waals surface area (Å²) in [4.78, 5) is 10.8. The number of benzene rings is 1. The van der Waals surface area contributed by atoms with Crippen LogP contribution in [-0.2, 0) is 17.6 Å². The highest BCUT2D eigenvalue weighted by Gasteiger charge is 2.19. The summed E-state index contributed by atoms with van der Waals surface area (Å²) in [7, 11) is 0. The van der Waals surface area contributed by atoms with Gasteiger partial charge in [0, 0.05) is 5.33 Å². The van der Waals surface area contributed by atoms with Gasteiger partial charge in [0.2, 0.25) is 0 Å². The highest BCUT2D eigenvalue weighted by atomic mass is 79.9. The molecule has 0 bridgehead atoms. The third kappa shape index (κ3) is 3.82. The van der Waals surface area contributed by atoms with E-state index < -0.39 is 12.1 Å². The minimum Gasteiger partial charge on any atom is -0.479 e. The summed E-state index contributed by atoms with van der Waals surface area (Å²) in [6.07, 6.45) is 1.18. The Morgan fingerprint density at radius 3 is 2.71 bits per heavy atom. The number of halogens is 1. The second-order valence-electron chi connectivity index (χ2n) is 3.92. The normalized spacial score (nSPS) is 12.4. The van der Waals surface area contributed by atoms with Crippen LogP contribution in [0.1, 0.15) is 36.1 Å². The first-order valence-electron chi connectivity index (χ1n) is 5.68. The van der Waals surface area contributed by atoms with Gasteiger partial charge in [0.1, 0.15) is 0 Å². The summed E-state index contributed by atoms with van der Waals surface area (Å²) < 4.78 is 0. The maximum atomic E-state index is 10.8. The number of carbonyl (C=O) groups is 1. The van der Waals surface area contributed by atoms with Crippen LogP contribution in [0, 0.1) is 0 Å². The van der Waals surface area contributed by atoms with Crippen LogP contribution >= 0.6 is 15.9 Å². The number of rotatable bonds is 6. The van der Waals surface area contributed by atoms with Gasteiger partial charge in [-0.15, -0.1) is 0 Å². The molecule has 0 saturated heterocycles. The van der Waals surface area contributed by atoms with Crippen molar-refractivity contribution < 1.29 is 15.0 Å². The molecule has 3 nitrogen and oxygen atoms in total. The Labute approximate surface area is 110 Å². The Hall–Kier alpha value is -0.870. The molecular formula is C13H17BrO3. The summed E-state index contributed by atoms with van der Waals surface area (Å²) in [6.45, 7) is 1.95. The van der Waals surface area contributed by atoms with Crippen LogP contribution in [0.25, 0.3) is 0 Å². The van der Waals surface area contributed by atoms with Gasteiger partial charge in [0.05, 0.1) is 0 Å². The molecule has 1 aromatic rings. The van der Waals surface area contributed by atoms with Gasteiger partial charge in [-0.05, 0) is 36.0 Å². The van der Waals surface area contributed by atoms with Crippen LogP contribution < -0.4 is 0 Å². The lowest BCUT2D eigenvalue weighted by Gasteiger charge is -2.13. The zero-order valence-corrected chi connectivity index (χ0v) is 11.4. The third-order valence-electron chi connectivity index (χ3n) is 2.72. The Morgan fingerprint density at radius 1 is 1.47 bits per heavy atom. The van der Waals surface area contributed by atoms with E-state index in [0.717, 1.165) is 35.7 Å². The van der Waals surface area contributed by atoms with Crippen molar-refractivity contribution >= 4 is 21.9 Å². The third-order valence-corrected chi connectivity index (χ3v) is 3.28. The van der Waals surface area contributed by atoms with Crippen LogP contribution in [0.15, 0.2) is 18.2 Å². The first-order chi connectivity index (χ1) is 8.10. The van der Waals surface area contributed by atoms with E-state index in [1.54, 1.807) is 6.07 Å². The second kappa shape index (κ2) is 6.77. The largest absolute Gasteiger partial charge is 0.479 e. The van der Waals surface area contributed by atoms with Crippen molar-refractivity contribution in [3.05, 3.63) is 34.9 Å². The molecule has 0 saturated carbocycles. The molecule has 1 rings (SSSR count). The Bertz CT molecular complexity index is 390. The predicted octanol–water partition coefficient (Wildman–Crippen LogP) is 2.69. The average molecular weight is 301 g/mol. The predicted molar refractivity (Wildman–Crippen MR) is 70.5 cm³/mol. The first-order valence-corrected chi connectivity index (χ1v) is 6.80. The molecule has 1 atom stereocenters. The summed E-state index contributed by atoms with van der Waals surface area (Å²) in [5, 5.41) is 19.4. The summed E-state index contributed by atoms with van der Waals surface area (Å²) in [5.74, 6) is -1.20. The maximum absolute atomic E-state index is 10.8. The number of carboxylic acids is 1. The number of hydrogen-bond donors (Lipinski definition) is 2. The minimum atomic E-state index is -1.42. The van der Waals surface area contributed by atoms with Crippen molar-refractivity contribution in [3.8, 4) is 0 Å². The van der Waals surface area contributed by atoms with Crippen LogP contribution in [-0.4, -0.2) is 21.5 Å². The standard InChI is InChI=1S/C13H17BrO3/c1-2-10-6-5-9(4-3-7-14)8-11(10)12(15)13(16)17/h5-6,8,12,15H,2-4,7H2,1H3,(H,16,17). The van der Waals surface area contributed by atoms with Gasteiger partial charge < -0.3 is 10.2 Å². The average Bonchev–Trinajstić information content (AvgIpc) is 2.34. The van der Waals surface area contributed by atoms with E-state index in [-0.39, 0.29) is 0 Å². The molecule has 2 N–H and O–H groups in total. The zero-order valence-electron chi connectivity index (χ0n) is 9.82. The minimum absolute atomic E-state index is 0.520. The van der Waals surface area contributed by atoms with E-state index in [4.69, 9.17) is 5.11 Å². The Balaban J connectivity index is 3.01. The molecule has 0 aliphatic carbocycles. The van der Waals surface area contributed by atoms with Gasteiger partial charge in [0.25, 0.3) is 0 Å². The molecule has 0 spiro atoms. The molecule has 0 radical (unpaired) electrons. The Morgan fingerprint density at radius 2 is 2.18 bits per heavy atom. The number of aryl methyl sites for hydroxylation is 2. The monoisotopic (exact) mass is 300 g/mol. The van der Waals surface area contributed by atoms with Gasteiger partial charge in [-0.1, -0.05) is 41.1 Å². The SMILES string of the molecule is CCc1ccc(CCCBr)cc1C(O)C(=O)O.